The van der Waals surface area contributed by atoms with Crippen molar-refractivity contribution in [3.63, 3.8) is 0 Å². The minimum atomic E-state index is -4.18. The lowest BCUT2D eigenvalue weighted by Crippen LogP contribution is -2.37. The molecule has 0 amide bonds. The van der Waals surface area contributed by atoms with Gasteiger partial charge in [-0.05, 0) is 31.2 Å². The van der Waals surface area contributed by atoms with Crippen LogP contribution in [0, 0.1) is 6.92 Å². The first kappa shape index (κ1) is 21.1. The van der Waals surface area contributed by atoms with Crippen molar-refractivity contribution in [3.8, 4) is 0 Å². The van der Waals surface area contributed by atoms with Crippen LogP contribution in [-0.2, 0) is 33.8 Å². The van der Waals surface area contributed by atoms with Gasteiger partial charge in [-0.3, -0.25) is 0 Å². The average Bonchev–Trinajstić information content (AvgIpc) is 2.70. The van der Waals surface area contributed by atoms with Crippen LogP contribution in [0.1, 0.15) is 11.1 Å². The van der Waals surface area contributed by atoms with Crippen LogP contribution in [-0.4, -0.2) is 46.6 Å². The number of hydrogen-bond acceptors (Lipinski definition) is 7. The van der Waals surface area contributed by atoms with Crippen LogP contribution in [0.2, 0.25) is 0 Å². The molecule has 0 fully saturated rings. The van der Waals surface area contributed by atoms with Gasteiger partial charge >= 0.3 is 11.9 Å². The zero-order chi connectivity index (χ0) is 20.7. The number of carbonyl (C=O) groups excluding carboxylic acids is 2. The van der Waals surface area contributed by atoms with E-state index in [2.05, 4.69) is 13.9 Å². The molecular weight excluding hydrogens is 386 g/mol. The summed E-state index contributed by atoms with van der Waals surface area (Å²) >= 11 is 0. The second-order valence-electron chi connectivity index (χ2n) is 5.59. The van der Waals surface area contributed by atoms with Crippen molar-refractivity contribution in [2.45, 2.75) is 17.9 Å². The van der Waals surface area contributed by atoms with E-state index < -0.39 is 34.0 Å². The van der Waals surface area contributed by atoms with Gasteiger partial charge in [0, 0.05) is 5.56 Å². The van der Waals surface area contributed by atoms with Crippen LogP contribution in [0.4, 0.5) is 0 Å². The van der Waals surface area contributed by atoms with Crippen molar-refractivity contribution in [1.29, 1.82) is 0 Å². The molecule has 0 radical (unpaired) electrons. The highest BCUT2D eigenvalue weighted by Crippen LogP contribution is 2.17. The molecule has 0 aliphatic heterocycles. The van der Waals surface area contributed by atoms with E-state index in [1.807, 2.05) is 6.92 Å². The smallest absolute Gasteiger partial charge is 0.359 e. The van der Waals surface area contributed by atoms with Gasteiger partial charge in [-0.2, -0.15) is 8.42 Å². The number of rotatable bonds is 6. The molecule has 0 aliphatic carbocycles. The Morgan fingerprint density at radius 3 is 1.93 bits per heavy atom. The summed E-state index contributed by atoms with van der Waals surface area (Å²) in [5, 5.41) is 0. The predicted octanol–water partition coefficient (Wildman–Crippen LogP) is 1.86. The molecule has 2 rings (SSSR count). The molecule has 0 saturated heterocycles. The highest BCUT2D eigenvalue weighted by Gasteiger charge is 2.33. The van der Waals surface area contributed by atoms with Crippen molar-refractivity contribution in [2.24, 2.45) is 4.40 Å². The predicted molar refractivity (Wildman–Crippen MR) is 100 cm³/mol. The van der Waals surface area contributed by atoms with E-state index in [1.165, 1.54) is 24.3 Å². The molecule has 0 aliphatic rings. The van der Waals surface area contributed by atoms with Crippen molar-refractivity contribution >= 4 is 27.9 Å². The first-order valence-electron chi connectivity index (χ1n) is 8.08. The molecule has 0 heterocycles. The van der Waals surface area contributed by atoms with Crippen LogP contribution in [0.25, 0.3) is 0 Å². The normalized spacial score (nSPS) is 11.8. The van der Waals surface area contributed by atoms with E-state index >= 15 is 0 Å². The number of esters is 2. The topological polar surface area (TPSA) is 108 Å². The summed E-state index contributed by atoms with van der Waals surface area (Å²) in [6, 6.07) is 14.0. The van der Waals surface area contributed by atoms with E-state index in [0.717, 1.165) is 19.8 Å². The number of hydrogen-bond donors (Lipinski definition) is 0. The standard InChI is InChI=1S/C19H19NO7S/c1-13-9-11-15(12-10-13)28(23,24)20-17(14-7-5-4-6-8-14)27-16(18(21)25-2)19(22)26-3/h4-12,16H,1-3H3/b20-17+. The maximum absolute atomic E-state index is 12.7. The summed E-state index contributed by atoms with van der Waals surface area (Å²) in [5.74, 6) is -2.55. The molecule has 0 bridgehead atoms. The first-order valence-corrected chi connectivity index (χ1v) is 9.52. The van der Waals surface area contributed by atoms with E-state index in [0.29, 0.717) is 0 Å². The van der Waals surface area contributed by atoms with Gasteiger partial charge in [-0.25, -0.2) is 9.59 Å². The number of aryl methyl sites for hydroxylation is 1. The van der Waals surface area contributed by atoms with Gasteiger partial charge in [0.1, 0.15) is 0 Å². The number of sulfonamides is 1. The lowest BCUT2D eigenvalue weighted by Gasteiger charge is -2.16. The molecule has 0 unspecified atom stereocenters. The molecule has 2 aromatic rings. The van der Waals surface area contributed by atoms with Crippen LogP contribution in [0.3, 0.4) is 0 Å². The molecule has 9 heteroatoms. The Balaban J connectivity index is 2.53. The monoisotopic (exact) mass is 405 g/mol. The van der Waals surface area contributed by atoms with E-state index in [9.17, 15) is 18.0 Å². The number of nitrogens with zero attached hydrogens (tertiary/aromatic N) is 1. The van der Waals surface area contributed by atoms with Gasteiger partial charge in [0.25, 0.3) is 16.1 Å². The van der Waals surface area contributed by atoms with Gasteiger partial charge in [0.2, 0.25) is 5.90 Å². The Bertz CT molecular complexity index is 951. The third-order valence-corrected chi connectivity index (χ3v) is 4.88. The number of carbonyl (C=O) groups is 2. The lowest BCUT2D eigenvalue weighted by atomic mass is 10.2. The summed E-state index contributed by atoms with van der Waals surface area (Å²) in [7, 11) is -2.06. The summed E-state index contributed by atoms with van der Waals surface area (Å²) in [6.45, 7) is 1.81. The molecule has 2 aromatic carbocycles. The van der Waals surface area contributed by atoms with Gasteiger partial charge in [0.05, 0.1) is 19.1 Å². The van der Waals surface area contributed by atoms with Gasteiger partial charge in [0.15, 0.2) is 0 Å². The summed E-state index contributed by atoms with van der Waals surface area (Å²) in [5.41, 5.74) is 1.12. The second kappa shape index (κ2) is 9.14. The molecule has 0 atom stereocenters. The quantitative estimate of drug-likeness (QED) is 0.312. The van der Waals surface area contributed by atoms with Gasteiger partial charge in [-0.15, -0.1) is 4.40 Å². The maximum atomic E-state index is 12.7. The first-order chi connectivity index (χ1) is 13.3. The average molecular weight is 405 g/mol. The highest BCUT2D eigenvalue weighted by molar-refractivity contribution is 7.90. The SMILES string of the molecule is COC(=O)C(O/C(=N/S(=O)(=O)c1ccc(C)cc1)c1ccccc1)C(=O)OC. The fourth-order valence-corrected chi connectivity index (χ4v) is 3.07. The van der Waals surface area contributed by atoms with E-state index in [-0.39, 0.29) is 10.5 Å². The highest BCUT2D eigenvalue weighted by atomic mass is 32.2. The largest absolute Gasteiger partial charge is 0.466 e. The van der Waals surface area contributed by atoms with Crippen molar-refractivity contribution in [2.75, 3.05) is 14.2 Å². The Morgan fingerprint density at radius 2 is 1.43 bits per heavy atom. The third-order valence-electron chi connectivity index (χ3n) is 3.60. The third kappa shape index (κ3) is 5.17. The minimum absolute atomic E-state index is 0.0668. The van der Waals surface area contributed by atoms with E-state index in [1.54, 1.807) is 30.3 Å². The molecule has 8 nitrogen and oxygen atoms in total. The lowest BCUT2D eigenvalue weighted by molar-refractivity contribution is -0.164. The maximum Gasteiger partial charge on any atom is 0.359 e. The fraction of sp³-hybridized carbons (Fsp3) is 0.211. The number of methoxy groups -OCH3 is 2. The molecule has 148 valence electrons. The Labute approximate surface area is 162 Å². The van der Waals surface area contributed by atoms with Crippen LogP contribution >= 0.6 is 0 Å². The van der Waals surface area contributed by atoms with E-state index in [4.69, 9.17) is 4.74 Å². The fourth-order valence-electron chi connectivity index (χ4n) is 2.11. The zero-order valence-corrected chi connectivity index (χ0v) is 16.3. The van der Waals surface area contributed by atoms with Gasteiger partial charge in [-0.1, -0.05) is 35.9 Å². The molecule has 0 spiro atoms. The Hall–Kier alpha value is -3.20. The van der Waals surface area contributed by atoms with Crippen LogP contribution in [0.15, 0.2) is 63.9 Å². The Morgan fingerprint density at radius 1 is 0.893 bits per heavy atom. The van der Waals surface area contributed by atoms with Crippen LogP contribution < -0.4 is 0 Å². The molecule has 28 heavy (non-hydrogen) atoms. The van der Waals surface area contributed by atoms with Crippen LogP contribution in [0.5, 0.6) is 0 Å². The minimum Gasteiger partial charge on any atom is -0.466 e. The molecular formula is C19H19NO7S. The number of benzene rings is 2. The summed E-state index contributed by atoms with van der Waals surface area (Å²) in [4.78, 5) is 23.7. The van der Waals surface area contributed by atoms with Gasteiger partial charge < -0.3 is 14.2 Å². The summed E-state index contributed by atoms with van der Waals surface area (Å²) in [6.07, 6.45) is -1.83. The number of ether oxygens (including phenoxy) is 3. The van der Waals surface area contributed by atoms with Crippen molar-refractivity contribution < 1.29 is 32.2 Å². The second-order valence-corrected chi connectivity index (χ2v) is 7.20. The zero-order valence-electron chi connectivity index (χ0n) is 15.5. The molecule has 0 saturated carbocycles. The Kier molecular flexibility index (Phi) is 6.89. The van der Waals surface area contributed by atoms with Crippen molar-refractivity contribution in [3.05, 3.63) is 65.7 Å². The molecule has 0 N–H and O–H groups in total. The molecule has 0 aromatic heterocycles. The summed E-state index contributed by atoms with van der Waals surface area (Å²) < 4.78 is 43.5. The van der Waals surface area contributed by atoms with Crippen molar-refractivity contribution in [1.82, 2.24) is 0 Å².